The van der Waals surface area contributed by atoms with Gasteiger partial charge < -0.3 is 9.47 Å². The van der Waals surface area contributed by atoms with Crippen molar-refractivity contribution in [2.75, 3.05) is 26.2 Å². The Kier molecular flexibility index (Phi) is 7.05. The van der Waals surface area contributed by atoms with Crippen LogP contribution in [-0.4, -0.2) is 46.5 Å². The Hall–Kier alpha value is -2.59. The number of likely N-dealkylation sites (tertiary alicyclic amines) is 2. The predicted octanol–water partition coefficient (Wildman–Crippen LogP) is 5.66. The summed E-state index contributed by atoms with van der Waals surface area (Å²) >= 11 is 0. The van der Waals surface area contributed by atoms with Crippen molar-refractivity contribution in [3.05, 3.63) is 71.4 Å². The first kappa shape index (κ1) is 23.2. The van der Waals surface area contributed by atoms with E-state index in [1.807, 2.05) is 0 Å². The molecule has 2 aliphatic heterocycles. The van der Waals surface area contributed by atoms with Gasteiger partial charge in [0, 0.05) is 48.7 Å². The number of nitrogens with zero attached hydrogens (tertiary/aromatic N) is 3. The Bertz CT molecular complexity index is 1100. The molecule has 3 aromatic rings. The zero-order chi connectivity index (χ0) is 23.5. The Labute approximate surface area is 204 Å². The Morgan fingerprint density at radius 1 is 0.882 bits per heavy atom. The molecule has 0 bridgehead atoms. The molecule has 34 heavy (non-hydrogen) atoms. The molecule has 0 spiro atoms. The van der Waals surface area contributed by atoms with Gasteiger partial charge in [0.05, 0.1) is 0 Å². The minimum Gasteiger partial charge on any atom is -0.345 e. The molecule has 1 aromatic heterocycles. The van der Waals surface area contributed by atoms with Crippen LogP contribution < -0.4 is 0 Å². The summed E-state index contributed by atoms with van der Waals surface area (Å²) in [5, 5.41) is 1.39. The topological polar surface area (TPSA) is 28.5 Å². The van der Waals surface area contributed by atoms with Gasteiger partial charge >= 0.3 is 0 Å². The molecular formula is C30H39N3O. The highest BCUT2D eigenvalue weighted by Gasteiger charge is 2.31. The van der Waals surface area contributed by atoms with Gasteiger partial charge in [-0.15, -0.1) is 0 Å². The molecule has 2 aromatic carbocycles. The Morgan fingerprint density at radius 2 is 1.56 bits per heavy atom. The standard InChI is InChI=1S/C30H39N3O/c1-3-33-23(2)28(27-11-7-8-12-29(27)33)22-31-17-15-26(16-18-31)30(34)32-19-13-25(14-20-32)21-24-9-5-4-6-10-24/h4-12,25-26H,3,13-22H2,1-2H3. The maximum Gasteiger partial charge on any atom is 0.225 e. The van der Waals surface area contributed by atoms with Crippen molar-refractivity contribution in [1.82, 2.24) is 14.4 Å². The third-order valence-corrected chi connectivity index (χ3v) is 8.29. The van der Waals surface area contributed by atoms with E-state index in [-0.39, 0.29) is 5.92 Å². The molecule has 180 valence electrons. The first-order valence-electron chi connectivity index (χ1n) is 13.3. The van der Waals surface area contributed by atoms with Gasteiger partial charge in [-0.05, 0) is 82.2 Å². The second kappa shape index (κ2) is 10.4. The first-order valence-corrected chi connectivity index (χ1v) is 13.3. The first-order chi connectivity index (χ1) is 16.6. The fourth-order valence-corrected chi connectivity index (χ4v) is 6.23. The number of piperidine rings is 2. The highest BCUT2D eigenvalue weighted by atomic mass is 16.2. The molecule has 2 aliphatic rings. The van der Waals surface area contributed by atoms with Gasteiger partial charge in [-0.3, -0.25) is 9.69 Å². The van der Waals surface area contributed by atoms with Crippen molar-refractivity contribution in [2.45, 2.75) is 59.0 Å². The molecule has 2 fully saturated rings. The number of carbonyl (C=O) groups excluding carboxylic acids is 1. The van der Waals surface area contributed by atoms with E-state index in [9.17, 15) is 4.79 Å². The van der Waals surface area contributed by atoms with Gasteiger partial charge in [0.2, 0.25) is 5.91 Å². The number of carbonyl (C=O) groups is 1. The number of amides is 1. The predicted molar refractivity (Wildman–Crippen MR) is 140 cm³/mol. The minimum absolute atomic E-state index is 0.208. The van der Waals surface area contributed by atoms with Crippen LogP contribution in [0.3, 0.4) is 0 Å². The molecule has 4 nitrogen and oxygen atoms in total. The van der Waals surface area contributed by atoms with E-state index in [2.05, 4.69) is 82.8 Å². The van der Waals surface area contributed by atoms with E-state index in [0.29, 0.717) is 11.8 Å². The summed E-state index contributed by atoms with van der Waals surface area (Å²) in [4.78, 5) is 18.0. The van der Waals surface area contributed by atoms with E-state index in [1.54, 1.807) is 0 Å². The molecule has 5 rings (SSSR count). The lowest BCUT2D eigenvalue weighted by Crippen LogP contribution is -2.45. The van der Waals surface area contributed by atoms with E-state index in [0.717, 1.165) is 71.4 Å². The van der Waals surface area contributed by atoms with Crippen LogP contribution in [0.4, 0.5) is 0 Å². The number of para-hydroxylation sites is 1. The van der Waals surface area contributed by atoms with Gasteiger partial charge in [0.25, 0.3) is 0 Å². The van der Waals surface area contributed by atoms with Crippen LogP contribution in [0.5, 0.6) is 0 Å². The van der Waals surface area contributed by atoms with E-state index < -0.39 is 0 Å². The quantitative estimate of drug-likeness (QED) is 0.478. The number of aryl methyl sites for hydroxylation is 1. The van der Waals surface area contributed by atoms with Gasteiger partial charge in [-0.25, -0.2) is 0 Å². The second-order valence-corrected chi connectivity index (χ2v) is 10.3. The number of hydrogen-bond acceptors (Lipinski definition) is 2. The van der Waals surface area contributed by atoms with Crippen LogP contribution in [0, 0.1) is 18.8 Å². The number of hydrogen-bond donors (Lipinski definition) is 0. The fraction of sp³-hybridized carbons (Fsp3) is 0.500. The Balaban J connectivity index is 1.13. The van der Waals surface area contributed by atoms with Crippen LogP contribution in [0.25, 0.3) is 10.9 Å². The van der Waals surface area contributed by atoms with Crippen LogP contribution in [0.2, 0.25) is 0 Å². The molecule has 4 heteroatoms. The van der Waals surface area contributed by atoms with Crippen LogP contribution in [0.1, 0.15) is 49.4 Å². The maximum atomic E-state index is 13.3. The third kappa shape index (κ3) is 4.79. The minimum atomic E-state index is 0.208. The molecule has 0 atom stereocenters. The normalized spacial score (nSPS) is 18.6. The number of benzene rings is 2. The molecule has 0 radical (unpaired) electrons. The smallest absolute Gasteiger partial charge is 0.225 e. The van der Waals surface area contributed by atoms with E-state index in [4.69, 9.17) is 0 Å². The summed E-state index contributed by atoms with van der Waals surface area (Å²) in [6, 6.07) is 19.6. The summed E-state index contributed by atoms with van der Waals surface area (Å²) in [7, 11) is 0. The van der Waals surface area contributed by atoms with Crippen molar-refractivity contribution < 1.29 is 4.79 Å². The zero-order valence-corrected chi connectivity index (χ0v) is 20.9. The second-order valence-electron chi connectivity index (χ2n) is 10.3. The van der Waals surface area contributed by atoms with Gasteiger partial charge in [-0.1, -0.05) is 48.5 Å². The summed E-state index contributed by atoms with van der Waals surface area (Å²) in [6.07, 6.45) is 5.41. The van der Waals surface area contributed by atoms with Crippen LogP contribution in [0.15, 0.2) is 54.6 Å². The lowest BCUT2D eigenvalue weighted by atomic mass is 9.88. The van der Waals surface area contributed by atoms with Gasteiger partial charge in [0.15, 0.2) is 0 Å². The van der Waals surface area contributed by atoms with Crippen molar-refractivity contribution in [3.63, 3.8) is 0 Å². The number of aromatic nitrogens is 1. The van der Waals surface area contributed by atoms with E-state index >= 15 is 0 Å². The summed E-state index contributed by atoms with van der Waals surface area (Å²) in [5.41, 5.74) is 5.62. The lowest BCUT2D eigenvalue weighted by molar-refractivity contribution is -0.138. The summed E-state index contributed by atoms with van der Waals surface area (Å²) in [5.74, 6) is 1.33. The average Bonchev–Trinajstić information content (AvgIpc) is 3.15. The van der Waals surface area contributed by atoms with E-state index in [1.165, 1.54) is 27.7 Å². The molecule has 0 saturated carbocycles. The molecule has 1 amide bonds. The third-order valence-electron chi connectivity index (χ3n) is 8.29. The van der Waals surface area contributed by atoms with Crippen LogP contribution >= 0.6 is 0 Å². The molecule has 0 unspecified atom stereocenters. The highest BCUT2D eigenvalue weighted by molar-refractivity contribution is 5.85. The molecular weight excluding hydrogens is 418 g/mol. The van der Waals surface area contributed by atoms with Crippen molar-refractivity contribution in [1.29, 1.82) is 0 Å². The van der Waals surface area contributed by atoms with Crippen molar-refractivity contribution in [3.8, 4) is 0 Å². The maximum absolute atomic E-state index is 13.3. The molecule has 0 N–H and O–H groups in total. The summed E-state index contributed by atoms with van der Waals surface area (Å²) in [6.45, 7) is 10.4. The largest absolute Gasteiger partial charge is 0.345 e. The monoisotopic (exact) mass is 457 g/mol. The van der Waals surface area contributed by atoms with Gasteiger partial charge in [0.1, 0.15) is 0 Å². The van der Waals surface area contributed by atoms with Crippen molar-refractivity contribution in [2.24, 2.45) is 11.8 Å². The highest BCUT2D eigenvalue weighted by Crippen LogP contribution is 2.30. The zero-order valence-electron chi connectivity index (χ0n) is 20.9. The molecule has 3 heterocycles. The Morgan fingerprint density at radius 3 is 2.26 bits per heavy atom. The average molecular weight is 458 g/mol. The number of fused-ring (bicyclic) bond motifs is 1. The van der Waals surface area contributed by atoms with Crippen molar-refractivity contribution >= 4 is 16.8 Å². The fourth-order valence-electron chi connectivity index (χ4n) is 6.23. The van der Waals surface area contributed by atoms with Crippen LogP contribution in [-0.2, 0) is 24.3 Å². The molecule has 0 aliphatic carbocycles. The molecule has 2 saturated heterocycles. The lowest BCUT2D eigenvalue weighted by Gasteiger charge is -2.37. The SMILES string of the molecule is CCn1c(C)c(CN2CCC(C(=O)N3CCC(Cc4ccccc4)CC3)CC2)c2ccccc21. The van der Waals surface area contributed by atoms with Gasteiger partial charge in [-0.2, -0.15) is 0 Å². The number of rotatable bonds is 6. The summed E-state index contributed by atoms with van der Waals surface area (Å²) < 4.78 is 2.43.